The van der Waals surface area contributed by atoms with Crippen LogP contribution in [0.5, 0.6) is 0 Å². The maximum Gasteiger partial charge on any atom is 0.250 e. The first-order valence-corrected chi connectivity index (χ1v) is 8.82. The van der Waals surface area contributed by atoms with Crippen LogP contribution in [0.15, 0.2) is 42.5 Å². The highest BCUT2D eigenvalue weighted by Gasteiger charge is 2.36. The van der Waals surface area contributed by atoms with Gasteiger partial charge in [-0.1, -0.05) is 6.07 Å². The molecule has 1 saturated heterocycles. The number of halogens is 2. The lowest BCUT2D eigenvalue weighted by Gasteiger charge is -2.17. The lowest BCUT2D eigenvalue weighted by atomic mass is 10.1. The van der Waals surface area contributed by atoms with Crippen LogP contribution in [-0.2, 0) is 19.1 Å². The summed E-state index contributed by atoms with van der Waals surface area (Å²) in [7, 11) is 1.40. The van der Waals surface area contributed by atoms with Gasteiger partial charge in [-0.05, 0) is 30.3 Å². The molecule has 3 rings (SSSR count). The Morgan fingerprint density at radius 3 is 2.55 bits per heavy atom. The zero-order valence-electron chi connectivity index (χ0n) is 15.6. The van der Waals surface area contributed by atoms with Crippen LogP contribution in [0, 0.1) is 17.6 Å². The van der Waals surface area contributed by atoms with E-state index in [-0.39, 0.29) is 31.2 Å². The fourth-order valence-electron chi connectivity index (χ4n) is 3.06. The molecule has 1 aliphatic rings. The van der Waals surface area contributed by atoms with Gasteiger partial charge in [0.15, 0.2) is 0 Å². The van der Waals surface area contributed by atoms with Crippen molar-refractivity contribution in [1.82, 2.24) is 0 Å². The summed E-state index contributed by atoms with van der Waals surface area (Å²) in [4.78, 5) is 37.5. The number of carbonyl (C=O) groups is 3. The van der Waals surface area contributed by atoms with Crippen LogP contribution in [0.2, 0.25) is 0 Å². The Morgan fingerprint density at radius 2 is 1.86 bits per heavy atom. The molecular weight excluding hydrogens is 384 g/mol. The molecule has 1 fully saturated rings. The van der Waals surface area contributed by atoms with E-state index in [1.165, 1.54) is 13.2 Å². The SMILES string of the molecule is COCC(=O)Nc1cccc(NC(=O)C2CC(=O)N(c3ccc(F)cc3F)C2)c1. The van der Waals surface area contributed by atoms with Crippen molar-refractivity contribution < 1.29 is 27.9 Å². The molecule has 9 heteroatoms. The van der Waals surface area contributed by atoms with Gasteiger partial charge in [0.2, 0.25) is 17.7 Å². The highest BCUT2D eigenvalue weighted by atomic mass is 19.1. The molecule has 1 heterocycles. The maximum atomic E-state index is 14.0. The largest absolute Gasteiger partial charge is 0.375 e. The summed E-state index contributed by atoms with van der Waals surface area (Å²) in [5.74, 6) is -3.48. The zero-order valence-corrected chi connectivity index (χ0v) is 15.6. The second-order valence-electron chi connectivity index (χ2n) is 6.55. The zero-order chi connectivity index (χ0) is 21.0. The van der Waals surface area contributed by atoms with E-state index in [1.807, 2.05) is 0 Å². The lowest BCUT2D eigenvalue weighted by molar-refractivity contribution is -0.122. The monoisotopic (exact) mass is 403 g/mol. The Balaban J connectivity index is 1.66. The number of hydrogen-bond donors (Lipinski definition) is 2. The van der Waals surface area contributed by atoms with Gasteiger partial charge in [-0.3, -0.25) is 14.4 Å². The Hall–Kier alpha value is -3.33. The number of ether oxygens (including phenoxy) is 1. The Labute approximate surface area is 165 Å². The van der Waals surface area contributed by atoms with Crippen molar-refractivity contribution in [1.29, 1.82) is 0 Å². The van der Waals surface area contributed by atoms with Crippen LogP contribution >= 0.6 is 0 Å². The second-order valence-corrected chi connectivity index (χ2v) is 6.55. The molecule has 7 nitrogen and oxygen atoms in total. The Morgan fingerprint density at radius 1 is 1.14 bits per heavy atom. The molecule has 0 aromatic heterocycles. The van der Waals surface area contributed by atoms with E-state index in [2.05, 4.69) is 10.6 Å². The predicted molar refractivity (Wildman–Crippen MR) is 102 cm³/mol. The number of nitrogens with one attached hydrogen (secondary N) is 2. The molecule has 29 heavy (non-hydrogen) atoms. The number of methoxy groups -OCH3 is 1. The number of rotatable bonds is 6. The van der Waals surface area contributed by atoms with Crippen molar-refractivity contribution >= 4 is 34.8 Å². The summed E-state index contributed by atoms with van der Waals surface area (Å²) in [6, 6.07) is 9.44. The summed E-state index contributed by atoms with van der Waals surface area (Å²) < 4.78 is 31.8. The Kier molecular flexibility index (Phi) is 6.18. The van der Waals surface area contributed by atoms with Gasteiger partial charge < -0.3 is 20.3 Å². The van der Waals surface area contributed by atoms with Gasteiger partial charge in [0.1, 0.15) is 18.2 Å². The average Bonchev–Trinajstić information content (AvgIpc) is 3.04. The van der Waals surface area contributed by atoms with Crippen molar-refractivity contribution in [2.24, 2.45) is 5.92 Å². The van der Waals surface area contributed by atoms with Gasteiger partial charge in [0.25, 0.3) is 0 Å². The molecule has 1 aliphatic heterocycles. The predicted octanol–water partition coefficient (Wildman–Crippen LogP) is 2.54. The van der Waals surface area contributed by atoms with E-state index < -0.39 is 29.4 Å². The second kappa shape index (κ2) is 8.78. The smallest absolute Gasteiger partial charge is 0.250 e. The fraction of sp³-hybridized carbons (Fsp3) is 0.250. The van der Waals surface area contributed by atoms with Gasteiger partial charge in [-0.25, -0.2) is 8.78 Å². The summed E-state index contributed by atoms with van der Waals surface area (Å²) in [5.41, 5.74) is 0.848. The van der Waals surface area contributed by atoms with Crippen molar-refractivity contribution in [3.63, 3.8) is 0 Å². The van der Waals surface area contributed by atoms with Crippen molar-refractivity contribution in [2.75, 3.05) is 35.8 Å². The third-order valence-corrected chi connectivity index (χ3v) is 4.39. The van der Waals surface area contributed by atoms with E-state index in [0.29, 0.717) is 17.4 Å². The minimum Gasteiger partial charge on any atom is -0.375 e. The Bertz CT molecular complexity index is 951. The summed E-state index contributed by atoms with van der Waals surface area (Å²) in [6.07, 6.45) is -0.0904. The van der Waals surface area contributed by atoms with Gasteiger partial charge in [0, 0.05) is 37.5 Å². The van der Waals surface area contributed by atoms with Crippen LogP contribution in [0.3, 0.4) is 0 Å². The van der Waals surface area contributed by atoms with Crippen LogP contribution in [0.4, 0.5) is 25.8 Å². The van der Waals surface area contributed by atoms with Gasteiger partial charge >= 0.3 is 0 Å². The van der Waals surface area contributed by atoms with E-state index in [1.54, 1.807) is 24.3 Å². The molecule has 0 saturated carbocycles. The topological polar surface area (TPSA) is 87.7 Å². The molecule has 0 spiro atoms. The standard InChI is InChI=1S/C20H19F2N3O4/c1-29-11-18(26)23-14-3-2-4-15(9-14)24-20(28)12-7-19(27)25(10-12)17-6-5-13(21)8-16(17)22/h2-6,8-9,12H,7,10-11H2,1H3,(H,23,26)(H,24,28). The molecule has 152 valence electrons. The molecule has 0 radical (unpaired) electrons. The minimum absolute atomic E-state index is 0.0164. The van der Waals surface area contributed by atoms with Crippen LogP contribution < -0.4 is 15.5 Å². The lowest BCUT2D eigenvalue weighted by Crippen LogP contribution is -2.28. The highest BCUT2D eigenvalue weighted by molar-refractivity contribution is 6.03. The number of nitrogens with zero attached hydrogens (tertiary/aromatic N) is 1. The maximum absolute atomic E-state index is 14.0. The number of hydrogen-bond acceptors (Lipinski definition) is 4. The average molecular weight is 403 g/mol. The molecule has 0 bridgehead atoms. The quantitative estimate of drug-likeness (QED) is 0.776. The highest BCUT2D eigenvalue weighted by Crippen LogP contribution is 2.28. The van der Waals surface area contributed by atoms with Crippen LogP contribution in [0.1, 0.15) is 6.42 Å². The molecule has 2 aromatic carbocycles. The molecule has 1 atom stereocenters. The first-order valence-electron chi connectivity index (χ1n) is 8.82. The molecule has 1 unspecified atom stereocenters. The first-order chi connectivity index (χ1) is 13.9. The number of benzene rings is 2. The van der Waals surface area contributed by atoms with Crippen molar-refractivity contribution in [2.45, 2.75) is 6.42 Å². The molecular formula is C20H19F2N3O4. The van der Waals surface area contributed by atoms with Gasteiger partial charge in [-0.2, -0.15) is 0 Å². The fourth-order valence-corrected chi connectivity index (χ4v) is 3.06. The van der Waals surface area contributed by atoms with Crippen LogP contribution in [-0.4, -0.2) is 38.0 Å². The van der Waals surface area contributed by atoms with Gasteiger partial charge in [0.05, 0.1) is 11.6 Å². The number of carbonyl (C=O) groups excluding carboxylic acids is 3. The third kappa shape index (κ3) is 4.94. The summed E-state index contributed by atoms with van der Waals surface area (Å²) >= 11 is 0. The van der Waals surface area contributed by atoms with Crippen molar-refractivity contribution in [3.8, 4) is 0 Å². The van der Waals surface area contributed by atoms with Crippen LogP contribution in [0.25, 0.3) is 0 Å². The van der Waals surface area contributed by atoms with E-state index in [9.17, 15) is 23.2 Å². The van der Waals surface area contributed by atoms with Gasteiger partial charge in [-0.15, -0.1) is 0 Å². The molecule has 2 aromatic rings. The first kappa shape index (κ1) is 20.4. The summed E-state index contributed by atoms with van der Waals surface area (Å²) in [6.45, 7) is -0.117. The number of amides is 3. The molecule has 3 amide bonds. The minimum atomic E-state index is -0.862. The normalized spacial score (nSPS) is 16.0. The van der Waals surface area contributed by atoms with Crippen molar-refractivity contribution in [3.05, 3.63) is 54.1 Å². The van der Waals surface area contributed by atoms with E-state index in [0.717, 1.165) is 11.0 Å². The molecule has 2 N–H and O–H groups in total. The van der Waals surface area contributed by atoms with E-state index in [4.69, 9.17) is 4.74 Å². The van der Waals surface area contributed by atoms with E-state index >= 15 is 0 Å². The number of anilines is 3. The summed E-state index contributed by atoms with van der Waals surface area (Å²) in [5, 5.41) is 5.31. The molecule has 0 aliphatic carbocycles. The third-order valence-electron chi connectivity index (χ3n) is 4.39.